The molecule has 0 fully saturated rings. The number of benzene rings is 3. The summed E-state index contributed by atoms with van der Waals surface area (Å²) in [5.41, 5.74) is 2.62. The van der Waals surface area contributed by atoms with Crippen molar-refractivity contribution in [2.75, 3.05) is 5.32 Å². The normalized spacial score (nSPS) is 11.4. The van der Waals surface area contributed by atoms with Gasteiger partial charge in [0, 0.05) is 17.3 Å². The van der Waals surface area contributed by atoms with E-state index >= 15 is 0 Å². The molecule has 1 amide bonds. The standard InChI is InChI=1S/C25H19ClFN3O/c26-22-17-30(16-20-13-7-8-14-23(20)27)29-24(22)28-25(31)21(19-11-5-2-6-12-19)15-18-9-3-1-4-10-18/h1-15,17H,16H2,(H,28,29,31)/b21-15-. The van der Waals surface area contributed by atoms with Gasteiger partial charge in [-0.05, 0) is 23.3 Å². The van der Waals surface area contributed by atoms with Crippen LogP contribution in [0.25, 0.3) is 11.6 Å². The van der Waals surface area contributed by atoms with Crippen molar-refractivity contribution < 1.29 is 9.18 Å². The van der Waals surface area contributed by atoms with E-state index < -0.39 is 0 Å². The van der Waals surface area contributed by atoms with Crippen molar-refractivity contribution >= 4 is 35.0 Å². The number of nitrogens with one attached hydrogen (secondary N) is 1. The van der Waals surface area contributed by atoms with Gasteiger partial charge in [0.2, 0.25) is 0 Å². The number of hydrogen-bond acceptors (Lipinski definition) is 2. The molecule has 6 heteroatoms. The number of aromatic nitrogens is 2. The first-order chi connectivity index (χ1) is 15.1. The second kappa shape index (κ2) is 9.41. The van der Waals surface area contributed by atoms with E-state index in [0.29, 0.717) is 11.1 Å². The van der Waals surface area contributed by atoms with Crippen LogP contribution in [0.2, 0.25) is 5.02 Å². The van der Waals surface area contributed by atoms with Crippen molar-refractivity contribution in [2.45, 2.75) is 6.54 Å². The average molecular weight is 432 g/mol. The molecular weight excluding hydrogens is 413 g/mol. The van der Waals surface area contributed by atoms with Gasteiger partial charge >= 0.3 is 0 Å². The van der Waals surface area contributed by atoms with Gasteiger partial charge in [-0.15, -0.1) is 0 Å². The predicted octanol–water partition coefficient (Wildman–Crippen LogP) is 5.90. The summed E-state index contributed by atoms with van der Waals surface area (Å²) in [5, 5.41) is 7.39. The summed E-state index contributed by atoms with van der Waals surface area (Å²) in [7, 11) is 0. The summed E-state index contributed by atoms with van der Waals surface area (Å²) in [5.74, 6) is -0.442. The van der Waals surface area contributed by atoms with E-state index in [1.807, 2.05) is 66.7 Å². The van der Waals surface area contributed by atoms with E-state index in [9.17, 15) is 9.18 Å². The van der Waals surface area contributed by atoms with Crippen LogP contribution in [0.3, 0.4) is 0 Å². The lowest BCUT2D eigenvalue weighted by atomic mass is 10.0. The van der Waals surface area contributed by atoms with Gasteiger partial charge in [-0.25, -0.2) is 4.39 Å². The number of carbonyl (C=O) groups is 1. The minimum Gasteiger partial charge on any atom is -0.304 e. The van der Waals surface area contributed by atoms with Crippen LogP contribution in [0.15, 0.2) is 91.1 Å². The Kier molecular flexibility index (Phi) is 6.24. The number of amides is 1. The fourth-order valence-corrected chi connectivity index (χ4v) is 3.35. The van der Waals surface area contributed by atoms with Gasteiger partial charge in [-0.3, -0.25) is 9.48 Å². The summed E-state index contributed by atoms with van der Waals surface area (Å²) in [6.07, 6.45) is 3.38. The highest BCUT2D eigenvalue weighted by Crippen LogP contribution is 2.24. The highest BCUT2D eigenvalue weighted by atomic mass is 35.5. The molecule has 1 N–H and O–H groups in total. The zero-order valence-corrected chi connectivity index (χ0v) is 17.3. The quantitative estimate of drug-likeness (QED) is 0.305. The molecule has 0 saturated heterocycles. The molecule has 0 aliphatic rings. The first-order valence-corrected chi connectivity index (χ1v) is 10.1. The van der Waals surface area contributed by atoms with Crippen molar-refractivity contribution in [1.82, 2.24) is 9.78 Å². The Hall–Kier alpha value is -3.70. The molecule has 0 aliphatic carbocycles. The zero-order chi connectivity index (χ0) is 21.6. The van der Waals surface area contributed by atoms with Crippen molar-refractivity contribution in [3.63, 3.8) is 0 Å². The molecule has 1 aromatic heterocycles. The van der Waals surface area contributed by atoms with Gasteiger partial charge in [0.1, 0.15) is 10.8 Å². The highest BCUT2D eigenvalue weighted by Gasteiger charge is 2.17. The third-order valence-electron chi connectivity index (χ3n) is 4.68. The molecule has 4 rings (SSSR count). The first kappa shape index (κ1) is 20.6. The monoisotopic (exact) mass is 431 g/mol. The summed E-state index contributed by atoms with van der Waals surface area (Å²) < 4.78 is 15.4. The molecule has 0 radical (unpaired) electrons. The molecule has 0 saturated carbocycles. The molecule has 4 nitrogen and oxygen atoms in total. The van der Waals surface area contributed by atoms with Crippen LogP contribution >= 0.6 is 11.6 Å². The maximum atomic E-state index is 13.9. The summed E-state index contributed by atoms with van der Waals surface area (Å²) >= 11 is 6.29. The van der Waals surface area contributed by atoms with Crippen molar-refractivity contribution in [3.8, 4) is 0 Å². The predicted molar refractivity (Wildman–Crippen MR) is 122 cm³/mol. The maximum absolute atomic E-state index is 13.9. The summed E-state index contributed by atoms with van der Waals surface area (Å²) in [6.45, 7) is 0.202. The fraction of sp³-hybridized carbons (Fsp3) is 0.0400. The smallest absolute Gasteiger partial charge is 0.257 e. The Morgan fingerprint density at radius 1 is 0.968 bits per heavy atom. The average Bonchev–Trinajstić information content (AvgIpc) is 3.13. The van der Waals surface area contributed by atoms with Crippen LogP contribution in [0.1, 0.15) is 16.7 Å². The van der Waals surface area contributed by atoms with Crippen molar-refractivity contribution in [1.29, 1.82) is 0 Å². The van der Waals surface area contributed by atoms with Gasteiger partial charge in [0.25, 0.3) is 5.91 Å². The van der Waals surface area contributed by atoms with Crippen LogP contribution in [0, 0.1) is 5.82 Å². The number of halogens is 2. The van der Waals surface area contributed by atoms with E-state index in [1.165, 1.54) is 10.7 Å². The third-order valence-corrected chi connectivity index (χ3v) is 4.96. The highest BCUT2D eigenvalue weighted by molar-refractivity contribution is 6.35. The molecule has 4 aromatic rings. The van der Waals surface area contributed by atoms with Crippen molar-refractivity contribution in [3.05, 3.63) is 119 Å². The van der Waals surface area contributed by atoms with Gasteiger partial charge in [0.15, 0.2) is 5.82 Å². The number of rotatable bonds is 6. The molecule has 0 spiro atoms. The molecule has 0 atom stereocenters. The first-order valence-electron chi connectivity index (χ1n) is 9.70. The SMILES string of the molecule is O=C(Nc1nn(Cc2ccccc2F)cc1Cl)/C(=C\c1ccccc1)c1ccccc1. The second-order valence-corrected chi connectivity index (χ2v) is 7.31. The van der Waals surface area contributed by atoms with Crippen LogP contribution in [-0.4, -0.2) is 15.7 Å². The zero-order valence-electron chi connectivity index (χ0n) is 16.5. The van der Waals surface area contributed by atoms with Crippen LogP contribution in [-0.2, 0) is 11.3 Å². The Bertz CT molecular complexity index is 1220. The number of anilines is 1. The molecule has 0 bridgehead atoms. The molecule has 0 aliphatic heterocycles. The topological polar surface area (TPSA) is 46.9 Å². The lowest BCUT2D eigenvalue weighted by Crippen LogP contribution is -2.15. The molecule has 31 heavy (non-hydrogen) atoms. The minimum absolute atomic E-state index is 0.202. The largest absolute Gasteiger partial charge is 0.304 e. The lowest BCUT2D eigenvalue weighted by molar-refractivity contribution is -0.111. The Morgan fingerprint density at radius 3 is 2.32 bits per heavy atom. The summed E-state index contributed by atoms with van der Waals surface area (Å²) in [4.78, 5) is 13.1. The number of hydrogen-bond donors (Lipinski definition) is 1. The molecular formula is C25H19ClFN3O. The van der Waals surface area contributed by atoms with E-state index in [1.54, 1.807) is 24.4 Å². The Balaban J connectivity index is 1.60. The van der Waals surface area contributed by atoms with E-state index in [2.05, 4.69) is 10.4 Å². The number of carbonyl (C=O) groups excluding carboxylic acids is 1. The van der Waals surface area contributed by atoms with E-state index in [4.69, 9.17) is 11.6 Å². The minimum atomic E-state index is -0.340. The second-order valence-electron chi connectivity index (χ2n) is 6.90. The van der Waals surface area contributed by atoms with Gasteiger partial charge in [-0.1, -0.05) is 90.5 Å². The van der Waals surface area contributed by atoms with Gasteiger partial charge < -0.3 is 5.32 Å². The summed E-state index contributed by atoms with van der Waals surface area (Å²) in [6, 6.07) is 25.4. The Labute approximate surface area is 184 Å². The molecule has 3 aromatic carbocycles. The molecule has 0 unspecified atom stereocenters. The van der Waals surface area contributed by atoms with E-state index in [-0.39, 0.29) is 29.1 Å². The van der Waals surface area contributed by atoms with Crippen LogP contribution < -0.4 is 5.32 Å². The third kappa shape index (κ3) is 5.08. The van der Waals surface area contributed by atoms with Crippen molar-refractivity contribution in [2.24, 2.45) is 0 Å². The number of nitrogens with zero attached hydrogens (tertiary/aromatic N) is 2. The maximum Gasteiger partial charge on any atom is 0.257 e. The van der Waals surface area contributed by atoms with E-state index in [0.717, 1.165) is 11.1 Å². The lowest BCUT2D eigenvalue weighted by Gasteiger charge is -2.09. The Morgan fingerprint density at radius 2 is 1.61 bits per heavy atom. The van der Waals surface area contributed by atoms with Gasteiger partial charge in [0.05, 0.1) is 6.54 Å². The van der Waals surface area contributed by atoms with Crippen LogP contribution in [0.5, 0.6) is 0 Å². The molecule has 1 heterocycles. The molecule has 154 valence electrons. The van der Waals surface area contributed by atoms with Gasteiger partial charge in [-0.2, -0.15) is 5.10 Å². The fourth-order valence-electron chi connectivity index (χ4n) is 3.15. The van der Waals surface area contributed by atoms with Crippen LogP contribution in [0.4, 0.5) is 10.2 Å².